The molecule has 142 valence electrons. The van der Waals surface area contributed by atoms with Crippen LogP contribution < -0.4 is 16.4 Å². The minimum absolute atomic E-state index is 0.107. The molecule has 0 fully saturated rings. The molecule has 3 amide bonds. The molecule has 0 bridgehead atoms. The van der Waals surface area contributed by atoms with Crippen molar-refractivity contribution < 1.29 is 14.4 Å². The normalized spacial score (nSPS) is 10.4. The van der Waals surface area contributed by atoms with Crippen molar-refractivity contribution in [2.24, 2.45) is 12.8 Å². The lowest BCUT2D eigenvalue weighted by Gasteiger charge is -2.06. The summed E-state index contributed by atoms with van der Waals surface area (Å²) in [4.78, 5) is 35.9. The number of anilines is 2. The summed E-state index contributed by atoms with van der Waals surface area (Å²) in [5.41, 5.74) is 6.41. The van der Waals surface area contributed by atoms with Gasteiger partial charge in [0.2, 0.25) is 5.91 Å². The van der Waals surface area contributed by atoms with Crippen LogP contribution in [0.5, 0.6) is 0 Å². The van der Waals surface area contributed by atoms with E-state index in [0.717, 1.165) is 0 Å². The molecule has 8 nitrogen and oxygen atoms in total. The Kier molecular flexibility index (Phi) is 5.42. The van der Waals surface area contributed by atoms with E-state index in [0.29, 0.717) is 27.7 Å². The van der Waals surface area contributed by atoms with Gasteiger partial charge in [-0.25, -0.2) is 0 Å². The van der Waals surface area contributed by atoms with Crippen molar-refractivity contribution in [3.63, 3.8) is 0 Å². The van der Waals surface area contributed by atoms with Crippen molar-refractivity contribution in [2.75, 3.05) is 10.6 Å². The highest BCUT2D eigenvalue weighted by molar-refractivity contribution is 6.34. The molecule has 28 heavy (non-hydrogen) atoms. The zero-order valence-electron chi connectivity index (χ0n) is 14.8. The van der Waals surface area contributed by atoms with Crippen LogP contribution in [0.25, 0.3) is 0 Å². The third-order valence-electron chi connectivity index (χ3n) is 3.90. The van der Waals surface area contributed by atoms with Gasteiger partial charge in [0.15, 0.2) is 5.69 Å². The highest BCUT2D eigenvalue weighted by Crippen LogP contribution is 2.18. The van der Waals surface area contributed by atoms with Gasteiger partial charge in [-0.1, -0.05) is 23.7 Å². The highest BCUT2D eigenvalue weighted by atomic mass is 35.5. The molecule has 1 aromatic heterocycles. The first-order chi connectivity index (χ1) is 13.3. The molecule has 2 aromatic carbocycles. The van der Waals surface area contributed by atoms with Gasteiger partial charge in [0.1, 0.15) is 5.82 Å². The Hall–Kier alpha value is -3.65. The molecule has 3 rings (SSSR count). The maximum Gasteiger partial charge on any atom is 0.276 e. The van der Waals surface area contributed by atoms with Crippen molar-refractivity contribution >= 4 is 40.8 Å². The summed E-state index contributed by atoms with van der Waals surface area (Å²) in [5, 5.41) is 9.75. The largest absolute Gasteiger partial charge is 0.366 e. The van der Waals surface area contributed by atoms with Gasteiger partial charge in [-0.2, -0.15) is 5.10 Å². The molecule has 9 heteroatoms. The van der Waals surface area contributed by atoms with Gasteiger partial charge in [0, 0.05) is 24.4 Å². The van der Waals surface area contributed by atoms with Crippen molar-refractivity contribution in [2.45, 2.75) is 0 Å². The number of primary amides is 1. The Labute approximate surface area is 165 Å². The molecule has 3 aromatic rings. The van der Waals surface area contributed by atoms with Gasteiger partial charge >= 0.3 is 0 Å². The monoisotopic (exact) mass is 397 g/mol. The topological polar surface area (TPSA) is 119 Å². The lowest BCUT2D eigenvalue weighted by molar-refractivity contribution is 0.0996. The lowest BCUT2D eigenvalue weighted by Crippen LogP contribution is -2.14. The van der Waals surface area contributed by atoms with E-state index in [1.807, 2.05) is 0 Å². The maximum atomic E-state index is 12.4. The quantitative estimate of drug-likeness (QED) is 0.613. The van der Waals surface area contributed by atoms with E-state index in [1.165, 1.54) is 22.9 Å². The number of carbonyl (C=O) groups is 3. The van der Waals surface area contributed by atoms with Crippen LogP contribution in [0.4, 0.5) is 11.5 Å². The average Bonchev–Trinajstić information content (AvgIpc) is 3.03. The summed E-state index contributed by atoms with van der Waals surface area (Å²) in [6.45, 7) is 0. The Morgan fingerprint density at radius 2 is 1.68 bits per heavy atom. The van der Waals surface area contributed by atoms with Crippen LogP contribution in [0.15, 0.2) is 54.6 Å². The van der Waals surface area contributed by atoms with E-state index in [-0.39, 0.29) is 5.69 Å². The van der Waals surface area contributed by atoms with Gasteiger partial charge in [0.25, 0.3) is 11.8 Å². The minimum Gasteiger partial charge on any atom is -0.366 e. The Morgan fingerprint density at radius 3 is 2.32 bits per heavy atom. The van der Waals surface area contributed by atoms with Crippen molar-refractivity contribution in [1.82, 2.24) is 9.78 Å². The molecule has 0 atom stereocenters. The van der Waals surface area contributed by atoms with Crippen LogP contribution in [0.3, 0.4) is 0 Å². The summed E-state index contributed by atoms with van der Waals surface area (Å²) < 4.78 is 1.37. The third-order valence-corrected chi connectivity index (χ3v) is 4.23. The second-order valence-electron chi connectivity index (χ2n) is 5.87. The molecule has 0 spiro atoms. The molecule has 0 unspecified atom stereocenters. The smallest absolute Gasteiger partial charge is 0.276 e. The van der Waals surface area contributed by atoms with Crippen molar-refractivity contribution in [3.8, 4) is 0 Å². The molecule has 0 saturated carbocycles. The van der Waals surface area contributed by atoms with E-state index in [1.54, 1.807) is 43.4 Å². The van der Waals surface area contributed by atoms with E-state index < -0.39 is 17.7 Å². The number of carbonyl (C=O) groups excluding carboxylic acids is 3. The van der Waals surface area contributed by atoms with E-state index in [9.17, 15) is 14.4 Å². The molecule has 4 N–H and O–H groups in total. The number of amides is 3. The predicted molar refractivity (Wildman–Crippen MR) is 106 cm³/mol. The van der Waals surface area contributed by atoms with Crippen LogP contribution in [0.2, 0.25) is 5.02 Å². The predicted octanol–water partition coefficient (Wildman–Crippen LogP) is 2.68. The first kappa shape index (κ1) is 19.1. The second kappa shape index (κ2) is 7.93. The molecule has 0 saturated heterocycles. The highest BCUT2D eigenvalue weighted by Gasteiger charge is 2.16. The lowest BCUT2D eigenvalue weighted by atomic mass is 10.2. The number of nitrogens with one attached hydrogen (secondary N) is 2. The van der Waals surface area contributed by atoms with Gasteiger partial charge in [-0.05, 0) is 36.4 Å². The SMILES string of the molecule is Cn1nc(C(=O)Nc2ccc(C(N)=O)cc2)cc1NC(=O)c1ccccc1Cl. The van der Waals surface area contributed by atoms with Crippen LogP contribution >= 0.6 is 11.6 Å². The fourth-order valence-corrected chi connectivity index (χ4v) is 2.66. The Morgan fingerprint density at radius 1 is 1.00 bits per heavy atom. The Bertz CT molecular complexity index is 1060. The van der Waals surface area contributed by atoms with Crippen LogP contribution in [-0.2, 0) is 7.05 Å². The zero-order chi connectivity index (χ0) is 20.3. The molecular formula is C19H16ClN5O3. The third kappa shape index (κ3) is 4.18. The van der Waals surface area contributed by atoms with Crippen molar-refractivity contribution in [1.29, 1.82) is 0 Å². The summed E-state index contributed by atoms with van der Waals surface area (Å²) in [7, 11) is 1.60. The number of benzene rings is 2. The fraction of sp³-hybridized carbons (Fsp3) is 0.0526. The van der Waals surface area contributed by atoms with Crippen LogP contribution in [0.1, 0.15) is 31.2 Å². The standard InChI is InChI=1S/C19H16ClN5O3/c1-25-16(23-18(27)13-4-2-3-5-14(13)20)10-15(24-25)19(28)22-12-8-6-11(7-9-12)17(21)26/h2-10H,1H3,(H2,21,26)(H,22,28)(H,23,27). The van der Waals surface area contributed by atoms with E-state index in [4.69, 9.17) is 17.3 Å². The Balaban J connectivity index is 1.72. The maximum absolute atomic E-state index is 12.4. The molecule has 0 aliphatic rings. The minimum atomic E-state index is -0.554. The average molecular weight is 398 g/mol. The molecule has 0 radical (unpaired) electrons. The van der Waals surface area contributed by atoms with Crippen molar-refractivity contribution in [3.05, 3.63) is 76.4 Å². The second-order valence-corrected chi connectivity index (χ2v) is 6.28. The van der Waals surface area contributed by atoms with E-state index >= 15 is 0 Å². The molecule has 1 heterocycles. The van der Waals surface area contributed by atoms with E-state index in [2.05, 4.69) is 15.7 Å². The summed E-state index contributed by atoms with van der Waals surface area (Å²) >= 11 is 6.03. The zero-order valence-corrected chi connectivity index (χ0v) is 15.5. The van der Waals surface area contributed by atoms with Crippen LogP contribution in [-0.4, -0.2) is 27.5 Å². The van der Waals surface area contributed by atoms with Gasteiger partial charge in [-0.15, -0.1) is 0 Å². The first-order valence-corrected chi connectivity index (χ1v) is 8.54. The number of hydrogen-bond donors (Lipinski definition) is 3. The number of aryl methyl sites for hydroxylation is 1. The fourth-order valence-electron chi connectivity index (χ4n) is 2.44. The number of nitrogens with two attached hydrogens (primary N) is 1. The summed E-state index contributed by atoms with van der Waals surface area (Å²) in [6, 6.07) is 14.2. The first-order valence-electron chi connectivity index (χ1n) is 8.16. The number of halogens is 1. The number of hydrogen-bond acceptors (Lipinski definition) is 4. The molecule has 0 aliphatic carbocycles. The summed E-state index contributed by atoms with van der Waals surface area (Å²) in [5.74, 6) is -1.11. The van der Waals surface area contributed by atoms with Gasteiger partial charge in [0.05, 0.1) is 10.6 Å². The number of aromatic nitrogens is 2. The summed E-state index contributed by atoms with van der Waals surface area (Å²) in [6.07, 6.45) is 0. The molecular weight excluding hydrogens is 382 g/mol. The van der Waals surface area contributed by atoms with Gasteiger partial charge < -0.3 is 16.4 Å². The van der Waals surface area contributed by atoms with Crippen LogP contribution in [0, 0.1) is 0 Å². The number of rotatable bonds is 5. The molecule has 0 aliphatic heterocycles. The van der Waals surface area contributed by atoms with Gasteiger partial charge in [-0.3, -0.25) is 19.1 Å². The number of nitrogens with zero attached hydrogens (tertiary/aromatic N) is 2.